The number of carbonyl (C=O) groups excluding carboxylic acids is 2. The maximum absolute atomic E-state index is 12.9. The van der Waals surface area contributed by atoms with Gasteiger partial charge in [0.15, 0.2) is 0 Å². The Morgan fingerprint density at radius 2 is 1.74 bits per heavy atom. The van der Waals surface area contributed by atoms with Crippen LogP contribution in [0.5, 0.6) is 11.5 Å². The molecule has 0 fully saturated rings. The van der Waals surface area contributed by atoms with E-state index < -0.39 is 24.7 Å². The van der Waals surface area contributed by atoms with Crippen LogP contribution in [-0.4, -0.2) is 38.4 Å². The summed E-state index contributed by atoms with van der Waals surface area (Å²) in [5.41, 5.74) is 1.31. The standard InChI is InChI=1S/C22H26F2N2O5/c1-5-30-22(28)26-19(13(2)3)20(27)25-15-8-11-18(31-21(23)24)17(12-15)14-6-9-16(29-4)10-7-14/h6-13,19,21H,5H2,1-4H3,(H,25,27)(H,26,28). The highest BCUT2D eigenvalue weighted by atomic mass is 19.3. The highest BCUT2D eigenvalue weighted by molar-refractivity contribution is 5.97. The largest absolute Gasteiger partial charge is 0.497 e. The monoisotopic (exact) mass is 436 g/mol. The minimum atomic E-state index is -3.00. The number of hydrogen-bond acceptors (Lipinski definition) is 5. The van der Waals surface area contributed by atoms with Crippen LogP contribution in [0, 0.1) is 5.92 Å². The van der Waals surface area contributed by atoms with E-state index in [1.807, 2.05) is 0 Å². The van der Waals surface area contributed by atoms with Crippen LogP contribution >= 0.6 is 0 Å². The van der Waals surface area contributed by atoms with E-state index in [2.05, 4.69) is 15.4 Å². The summed E-state index contributed by atoms with van der Waals surface area (Å²) in [6.45, 7) is 2.39. The Morgan fingerprint density at radius 3 is 2.29 bits per heavy atom. The van der Waals surface area contributed by atoms with Crippen molar-refractivity contribution in [3.8, 4) is 22.6 Å². The minimum absolute atomic E-state index is 0.0387. The third kappa shape index (κ3) is 6.84. The van der Waals surface area contributed by atoms with Crippen LogP contribution in [0.1, 0.15) is 20.8 Å². The molecule has 0 aliphatic carbocycles. The molecule has 9 heteroatoms. The van der Waals surface area contributed by atoms with Crippen molar-refractivity contribution in [1.29, 1.82) is 0 Å². The molecule has 2 amide bonds. The van der Waals surface area contributed by atoms with Crippen molar-refractivity contribution in [1.82, 2.24) is 5.32 Å². The van der Waals surface area contributed by atoms with Crippen LogP contribution in [0.2, 0.25) is 0 Å². The van der Waals surface area contributed by atoms with Gasteiger partial charge in [0.1, 0.15) is 17.5 Å². The Kier molecular flexibility index (Phi) is 8.60. The molecular formula is C22H26F2N2O5. The lowest BCUT2D eigenvalue weighted by atomic mass is 10.0. The van der Waals surface area contributed by atoms with Gasteiger partial charge in [0.25, 0.3) is 0 Å². The van der Waals surface area contributed by atoms with Gasteiger partial charge in [0, 0.05) is 11.3 Å². The first-order valence-electron chi connectivity index (χ1n) is 9.72. The van der Waals surface area contributed by atoms with Crippen LogP contribution in [0.4, 0.5) is 19.3 Å². The van der Waals surface area contributed by atoms with E-state index in [1.165, 1.54) is 25.3 Å². The summed E-state index contributed by atoms with van der Waals surface area (Å²) in [6.07, 6.45) is -0.698. The first-order chi connectivity index (χ1) is 14.7. The van der Waals surface area contributed by atoms with Crippen molar-refractivity contribution >= 4 is 17.7 Å². The molecule has 168 valence electrons. The van der Waals surface area contributed by atoms with Crippen LogP contribution in [-0.2, 0) is 9.53 Å². The molecule has 2 aromatic carbocycles. The number of anilines is 1. The second kappa shape index (κ2) is 11.1. The summed E-state index contributed by atoms with van der Waals surface area (Å²) >= 11 is 0. The second-order valence-corrected chi connectivity index (χ2v) is 6.89. The quantitative estimate of drug-likeness (QED) is 0.597. The van der Waals surface area contributed by atoms with Crippen LogP contribution in [0.15, 0.2) is 42.5 Å². The zero-order chi connectivity index (χ0) is 23.0. The van der Waals surface area contributed by atoms with Crippen LogP contribution < -0.4 is 20.1 Å². The van der Waals surface area contributed by atoms with Gasteiger partial charge in [-0.3, -0.25) is 4.79 Å². The molecule has 0 aromatic heterocycles. The van der Waals surface area contributed by atoms with Crippen molar-refractivity contribution in [2.45, 2.75) is 33.4 Å². The van der Waals surface area contributed by atoms with E-state index >= 15 is 0 Å². The molecule has 1 atom stereocenters. The number of methoxy groups -OCH3 is 1. The molecule has 2 N–H and O–H groups in total. The van der Waals surface area contributed by atoms with Gasteiger partial charge in [-0.1, -0.05) is 26.0 Å². The number of amides is 2. The summed E-state index contributed by atoms with van der Waals surface area (Å²) in [6, 6.07) is 10.2. The van der Waals surface area contributed by atoms with Gasteiger partial charge in [-0.05, 0) is 48.7 Å². The highest BCUT2D eigenvalue weighted by Gasteiger charge is 2.25. The van der Waals surface area contributed by atoms with Crippen molar-refractivity contribution in [3.63, 3.8) is 0 Å². The van der Waals surface area contributed by atoms with Crippen molar-refractivity contribution in [3.05, 3.63) is 42.5 Å². The molecular weight excluding hydrogens is 410 g/mol. The number of rotatable bonds is 9. The number of nitrogens with one attached hydrogen (secondary N) is 2. The molecule has 0 aliphatic rings. The van der Waals surface area contributed by atoms with Gasteiger partial charge in [-0.25, -0.2) is 4.79 Å². The Balaban J connectivity index is 2.31. The Labute approximate surface area is 179 Å². The summed E-state index contributed by atoms with van der Waals surface area (Å²) in [7, 11) is 1.52. The molecule has 7 nitrogen and oxygen atoms in total. The van der Waals surface area contributed by atoms with Crippen molar-refractivity contribution < 1.29 is 32.6 Å². The van der Waals surface area contributed by atoms with Gasteiger partial charge >= 0.3 is 12.7 Å². The molecule has 0 saturated carbocycles. The maximum atomic E-state index is 12.9. The molecule has 2 rings (SSSR count). The Morgan fingerprint density at radius 1 is 1.06 bits per heavy atom. The number of alkyl halides is 2. The third-order valence-electron chi connectivity index (χ3n) is 4.36. The van der Waals surface area contributed by atoms with E-state index in [9.17, 15) is 18.4 Å². The Hall–Kier alpha value is -3.36. The SMILES string of the molecule is CCOC(=O)NC(C(=O)Nc1ccc(OC(F)F)c(-c2ccc(OC)cc2)c1)C(C)C. The number of benzene rings is 2. The molecule has 0 heterocycles. The lowest BCUT2D eigenvalue weighted by Gasteiger charge is -2.21. The molecule has 0 radical (unpaired) electrons. The fourth-order valence-corrected chi connectivity index (χ4v) is 2.86. The summed E-state index contributed by atoms with van der Waals surface area (Å²) < 4.78 is 40.3. The van der Waals surface area contributed by atoms with Gasteiger partial charge in [0.2, 0.25) is 5.91 Å². The number of alkyl carbamates (subject to hydrolysis) is 1. The molecule has 0 bridgehead atoms. The summed E-state index contributed by atoms with van der Waals surface area (Å²) in [4.78, 5) is 24.5. The molecule has 31 heavy (non-hydrogen) atoms. The number of carbonyl (C=O) groups is 2. The van der Waals surface area contributed by atoms with Crippen molar-refractivity contribution in [2.24, 2.45) is 5.92 Å². The van der Waals surface area contributed by atoms with Crippen molar-refractivity contribution in [2.75, 3.05) is 19.0 Å². The predicted octanol–water partition coefficient (Wildman–Crippen LogP) is 4.67. The average Bonchev–Trinajstić information content (AvgIpc) is 2.72. The second-order valence-electron chi connectivity index (χ2n) is 6.89. The fourth-order valence-electron chi connectivity index (χ4n) is 2.86. The fraction of sp³-hybridized carbons (Fsp3) is 0.364. The molecule has 1 unspecified atom stereocenters. The van der Waals surface area contributed by atoms with E-state index in [1.54, 1.807) is 45.0 Å². The van der Waals surface area contributed by atoms with Gasteiger partial charge in [0.05, 0.1) is 13.7 Å². The van der Waals surface area contributed by atoms with Gasteiger partial charge < -0.3 is 24.8 Å². The molecule has 0 spiro atoms. The normalized spacial score (nSPS) is 11.7. The first-order valence-corrected chi connectivity index (χ1v) is 9.72. The third-order valence-corrected chi connectivity index (χ3v) is 4.36. The van der Waals surface area contributed by atoms with Gasteiger partial charge in [-0.15, -0.1) is 0 Å². The summed E-state index contributed by atoms with van der Waals surface area (Å²) in [5, 5.41) is 5.23. The van der Waals surface area contributed by atoms with E-state index in [-0.39, 0.29) is 18.3 Å². The van der Waals surface area contributed by atoms with Crippen LogP contribution in [0.3, 0.4) is 0 Å². The topological polar surface area (TPSA) is 85.9 Å². The van der Waals surface area contributed by atoms with Gasteiger partial charge in [-0.2, -0.15) is 8.78 Å². The number of hydrogen-bond donors (Lipinski definition) is 2. The Bertz CT molecular complexity index is 888. The lowest BCUT2D eigenvalue weighted by Crippen LogP contribution is -2.47. The zero-order valence-electron chi connectivity index (χ0n) is 17.8. The molecule has 2 aromatic rings. The highest BCUT2D eigenvalue weighted by Crippen LogP contribution is 2.34. The first kappa shape index (κ1) is 23.9. The lowest BCUT2D eigenvalue weighted by molar-refractivity contribution is -0.119. The van der Waals surface area contributed by atoms with E-state index in [0.29, 0.717) is 22.6 Å². The van der Waals surface area contributed by atoms with Crippen LogP contribution in [0.25, 0.3) is 11.1 Å². The zero-order valence-corrected chi connectivity index (χ0v) is 17.8. The minimum Gasteiger partial charge on any atom is -0.497 e. The number of ether oxygens (including phenoxy) is 3. The summed E-state index contributed by atoms with van der Waals surface area (Å²) in [5.74, 6) is -0.115. The average molecular weight is 436 g/mol. The molecule has 0 aliphatic heterocycles. The maximum Gasteiger partial charge on any atom is 0.407 e. The smallest absolute Gasteiger partial charge is 0.407 e. The van der Waals surface area contributed by atoms with E-state index in [0.717, 1.165) is 0 Å². The van der Waals surface area contributed by atoms with E-state index in [4.69, 9.17) is 9.47 Å². The number of halogens is 2. The molecule has 0 saturated heterocycles. The predicted molar refractivity (Wildman–Crippen MR) is 112 cm³/mol.